The minimum Gasteiger partial charge on any atom is -0.308 e. The fourth-order valence-corrected chi connectivity index (χ4v) is 5.81. The number of nitrogens with zero attached hydrogens (tertiary/aromatic N) is 3. The van der Waals surface area contributed by atoms with E-state index in [9.17, 15) is 13.2 Å². The Morgan fingerprint density at radius 1 is 1.00 bits per heavy atom. The van der Waals surface area contributed by atoms with Gasteiger partial charge in [0, 0.05) is 29.4 Å². The van der Waals surface area contributed by atoms with Gasteiger partial charge < -0.3 is 4.90 Å². The van der Waals surface area contributed by atoms with Gasteiger partial charge in [-0.05, 0) is 93.7 Å². The molecule has 1 amide bonds. The van der Waals surface area contributed by atoms with Crippen molar-refractivity contribution in [1.82, 2.24) is 9.88 Å². The summed E-state index contributed by atoms with van der Waals surface area (Å²) in [5.74, 6) is -0.253. The number of amides is 1. The quantitative estimate of drug-likeness (QED) is 0.314. The van der Waals surface area contributed by atoms with Crippen LogP contribution in [0.1, 0.15) is 21.5 Å². The summed E-state index contributed by atoms with van der Waals surface area (Å²) in [6.45, 7) is 5.17. The molecule has 1 aromatic heterocycles. The first-order chi connectivity index (χ1) is 17.0. The number of carbonyl (C=O) groups excluding carboxylic acids is 1. The second kappa shape index (κ2) is 10.6. The number of nitrogens with one attached hydrogen (secondary N) is 1. The highest BCUT2D eigenvalue weighted by Gasteiger charge is 2.23. The molecule has 0 atom stereocenters. The Kier molecular flexibility index (Phi) is 7.65. The number of benzene rings is 3. The molecule has 0 aliphatic rings. The monoisotopic (exact) mass is 542 g/mol. The van der Waals surface area contributed by atoms with Crippen molar-refractivity contribution in [3.05, 3.63) is 82.4 Å². The number of hydrogen-bond donors (Lipinski definition) is 1. The van der Waals surface area contributed by atoms with E-state index in [4.69, 9.17) is 16.6 Å². The first-order valence-electron chi connectivity index (χ1n) is 11.3. The molecule has 0 radical (unpaired) electrons. The second-order valence-corrected chi connectivity index (χ2v) is 11.9. The number of aryl methyl sites for hydroxylation is 2. The van der Waals surface area contributed by atoms with Gasteiger partial charge in [0.1, 0.15) is 0 Å². The van der Waals surface area contributed by atoms with Gasteiger partial charge in [0.05, 0.1) is 15.1 Å². The lowest BCUT2D eigenvalue weighted by molar-refractivity contribution is 0.0985. The summed E-state index contributed by atoms with van der Waals surface area (Å²) in [6.07, 6.45) is 0. The molecule has 3 aromatic carbocycles. The maximum Gasteiger partial charge on any atom is 0.261 e. The maximum atomic E-state index is 13.7. The lowest BCUT2D eigenvalue weighted by Crippen LogP contribution is -2.36. The molecule has 7 nitrogen and oxygen atoms in total. The molecule has 36 heavy (non-hydrogen) atoms. The van der Waals surface area contributed by atoms with E-state index in [1.54, 1.807) is 29.2 Å². The maximum absolute atomic E-state index is 13.7. The van der Waals surface area contributed by atoms with Crippen LogP contribution < -0.4 is 9.62 Å². The van der Waals surface area contributed by atoms with E-state index in [2.05, 4.69) is 17.7 Å². The molecule has 10 heteroatoms. The summed E-state index contributed by atoms with van der Waals surface area (Å²) in [6, 6.07) is 16.5. The van der Waals surface area contributed by atoms with Crippen LogP contribution in [0.5, 0.6) is 0 Å². The molecular formula is C26H27ClN4O3S2. The molecule has 0 bridgehead atoms. The van der Waals surface area contributed by atoms with E-state index in [1.807, 2.05) is 32.0 Å². The molecule has 188 valence electrons. The smallest absolute Gasteiger partial charge is 0.261 e. The molecule has 0 spiro atoms. The van der Waals surface area contributed by atoms with E-state index in [-0.39, 0.29) is 10.8 Å². The number of aromatic nitrogens is 1. The Hall–Kier alpha value is -2.98. The average Bonchev–Trinajstić information content (AvgIpc) is 3.21. The predicted molar refractivity (Wildman–Crippen MR) is 148 cm³/mol. The van der Waals surface area contributed by atoms with E-state index in [0.29, 0.717) is 34.5 Å². The largest absolute Gasteiger partial charge is 0.308 e. The van der Waals surface area contributed by atoms with Gasteiger partial charge in [-0.1, -0.05) is 29.0 Å². The molecule has 4 aromatic rings. The molecule has 0 aliphatic heterocycles. The van der Waals surface area contributed by atoms with Gasteiger partial charge in [-0.2, -0.15) is 0 Å². The van der Waals surface area contributed by atoms with Crippen molar-refractivity contribution >= 4 is 59.9 Å². The van der Waals surface area contributed by atoms with Crippen LogP contribution >= 0.6 is 22.9 Å². The van der Waals surface area contributed by atoms with Gasteiger partial charge in [-0.25, -0.2) is 13.4 Å². The van der Waals surface area contributed by atoms with E-state index < -0.39 is 10.0 Å². The minimum absolute atomic E-state index is 0.0799. The number of halogens is 1. The van der Waals surface area contributed by atoms with Gasteiger partial charge in [-0.15, -0.1) is 0 Å². The van der Waals surface area contributed by atoms with E-state index in [0.717, 1.165) is 15.8 Å². The summed E-state index contributed by atoms with van der Waals surface area (Å²) in [5, 5.41) is 1.05. The number of likely N-dealkylation sites (N-methyl/N-ethyl adjacent to an activating group) is 1. The van der Waals surface area contributed by atoms with Gasteiger partial charge in [-0.3, -0.25) is 14.4 Å². The number of hydrogen-bond acceptors (Lipinski definition) is 6. The van der Waals surface area contributed by atoms with Crippen molar-refractivity contribution < 1.29 is 13.2 Å². The zero-order chi connectivity index (χ0) is 26.0. The van der Waals surface area contributed by atoms with Crippen LogP contribution in [0.2, 0.25) is 5.02 Å². The topological polar surface area (TPSA) is 82.6 Å². The molecule has 0 saturated heterocycles. The normalized spacial score (nSPS) is 11.7. The highest BCUT2D eigenvalue weighted by atomic mass is 35.5. The summed E-state index contributed by atoms with van der Waals surface area (Å²) >= 11 is 7.35. The van der Waals surface area contributed by atoms with Crippen molar-refractivity contribution in [1.29, 1.82) is 0 Å². The molecule has 0 fully saturated rings. The van der Waals surface area contributed by atoms with Crippen LogP contribution in [0.3, 0.4) is 0 Å². The first-order valence-corrected chi connectivity index (χ1v) is 13.9. The average molecular weight is 543 g/mol. The van der Waals surface area contributed by atoms with Crippen LogP contribution in [0.25, 0.3) is 10.2 Å². The molecule has 0 saturated carbocycles. The molecule has 0 unspecified atom stereocenters. The van der Waals surface area contributed by atoms with Crippen molar-refractivity contribution in [3.8, 4) is 0 Å². The third-order valence-corrected chi connectivity index (χ3v) is 8.42. The molecule has 0 aliphatic carbocycles. The van der Waals surface area contributed by atoms with E-state index in [1.165, 1.54) is 41.2 Å². The van der Waals surface area contributed by atoms with Crippen LogP contribution in [-0.4, -0.2) is 51.4 Å². The minimum atomic E-state index is -3.84. The van der Waals surface area contributed by atoms with Crippen LogP contribution in [0, 0.1) is 13.8 Å². The summed E-state index contributed by atoms with van der Waals surface area (Å²) in [7, 11) is 0.0462. The second-order valence-electron chi connectivity index (χ2n) is 8.80. The van der Waals surface area contributed by atoms with Crippen molar-refractivity contribution in [2.75, 3.05) is 36.8 Å². The Bertz CT molecular complexity index is 1480. The SMILES string of the molecule is Cc1cc2nc(N(CCN(C)C)C(=O)c3cccc(NS(=O)(=O)c4ccc(Cl)cc4)c3)sc2cc1C. The third kappa shape index (κ3) is 5.87. The molecule has 1 heterocycles. The highest BCUT2D eigenvalue weighted by molar-refractivity contribution is 7.92. The van der Waals surface area contributed by atoms with Crippen molar-refractivity contribution in [2.45, 2.75) is 18.7 Å². The standard InChI is InChI=1S/C26H27ClN4O3S2/c1-17-14-23-24(15-18(17)2)35-26(28-23)31(13-12-30(3)4)25(32)19-6-5-7-21(16-19)29-36(33,34)22-10-8-20(27)9-11-22/h5-11,14-16,29H,12-13H2,1-4H3. The number of thiazole rings is 1. The molecular weight excluding hydrogens is 516 g/mol. The first kappa shape index (κ1) is 26.1. The fraction of sp³-hybridized carbons (Fsp3) is 0.231. The van der Waals surface area contributed by atoms with Gasteiger partial charge in [0.15, 0.2) is 5.13 Å². The Morgan fingerprint density at radius 3 is 2.39 bits per heavy atom. The van der Waals surface area contributed by atoms with Gasteiger partial charge >= 0.3 is 0 Å². The third-order valence-electron chi connectivity index (χ3n) is 5.73. The Morgan fingerprint density at radius 2 is 1.69 bits per heavy atom. The zero-order valence-corrected chi connectivity index (χ0v) is 22.8. The number of rotatable bonds is 8. The number of anilines is 2. The Labute approximate surface area is 220 Å². The number of carbonyl (C=O) groups is 1. The highest BCUT2D eigenvalue weighted by Crippen LogP contribution is 2.32. The summed E-state index contributed by atoms with van der Waals surface area (Å²) in [5.41, 5.74) is 3.82. The van der Waals surface area contributed by atoms with E-state index >= 15 is 0 Å². The summed E-state index contributed by atoms with van der Waals surface area (Å²) < 4.78 is 29.2. The van der Waals surface area contributed by atoms with Crippen LogP contribution in [-0.2, 0) is 10.0 Å². The zero-order valence-electron chi connectivity index (χ0n) is 20.4. The Balaban J connectivity index is 1.65. The van der Waals surface area contributed by atoms with Crippen molar-refractivity contribution in [2.24, 2.45) is 0 Å². The van der Waals surface area contributed by atoms with Crippen LogP contribution in [0.4, 0.5) is 10.8 Å². The number of sulfonamides is 1. The van der Waals surface area contributed by atoms with Gasteiger partial charge in [0.25, 0.3) is 15.9 Å². The lowest BCUT2D eigenvalue weighted by atomic mass is 10.1. The summed E-state index contributed by atoms with van der Waals surface area (Å²) in [4.78, 5) is 22.2. The predicted octanol–water partition coefficient (Wildman–Crippen LogP) is 5.58. The molecule has 1 N–H and O–H groups in total. The number of fused-ring (bicyclic) bond motifs is 1. The van der Waals surface area contributed by atoms with Crippen LogP contribution in [0.15, 0.2) is 65.6 Å². The fourth-order valence-electron chi connectivity index (χ4n) is 3.57. The molecule has 4 rings (SSSR count). The lowest BCUT2D eigenvalue weighted by Gasteiger charge is -2.22. The van der Waals surface area contributed by atoms with Crippen molar-refractivity contribution in [3.63, 3.8) is 0 Å². The van der Waals surface area contributed by atoms with Gasteiger partial charge in [0.2, 0.25) is 0 Å².